The Labute approximate surface area is 233 Å². The van der Waals surface area contributed by atoms with Crippen molar-refractivity contribution >= 4 is 0 Å². The Bertz CT molecular complexity index is 1090. The highest BCUT2D eigenvalue weighted by Crippen LogP contribution is 2.37. The van der Waals surface area contributed by atoms with Gasteiger partial charge in [-0.2, -0.15) is 22.0 Å². The topological polar surface area (TPSA) is 12.0 Å². The third-order valence-electron chi connectivity index (χ3n) is 5.65. The molecule has 2 aromatic carbocycles. The number of hydrogen-bond donors (Lipinski definition) is 1. The van der Waals surface area contributed by atoms with E-state index in [2.05, 4.69) is 0 Å². The van der Waals surface area contributed by atoms with Gasteiger partial charge in [0.25, 0.3) is 0 Å². The molecule has 0 aromatic heterocycles. The second-order valence-corrected chi connectivity index (χ2v) is 8.87. The third-order valence-corrected chi connectivity index (χ3v) is 5.65. The highest BCUT2D eigenvalue weighted by molar-refractivity contribution is 5.67. The molecule has 0 aliphatic rings. The molecular formula is C25H22F17N. The van der Waals surface area contributed by atoms with Gasteiger partial charge in [-0.3, -0.25) is 9.71 Å². The third kappa shape index (κ3) is 10.4. The first-order valence-electron chi connectivity index (χ1n) is 12.2. The number of halogens is 17. The molecule has 1 nitrogen and oxygen atoms in total. The van der Waals surface area contributed by atoms with Crippen molar-refractivity contribution in [3.8, 4) is 11.1 Å². The maximum absolute atomic E-state index is 13.4. The fraction of sp³-hybridized carbons (Fsp3) is 0.520. The molecule has 43 heavy (non-hydrogen) atoms. The minimum atomic E-state index is -4.21. The Morgan fingerprint density at radius 2 is 0.860 bits per heavy atom. The molecule has 0 saturated heterocycles. The summed E-state index contributed by atoms with van der Waals surface area (Å²) in [4.78, 5) is 0. The summed E-state index contributed by atoms with van der Waals surface area (Å²) in [6.45, 7) is -0.785. The number of nitrogens with one attached hydrogen (secondary N) is 1. The molecule has 0 bridgehead atoms. The lowest BCUT2D eigenvalue weighted by Gasteiger charge is -2.21. The number of unbranched alkanes of at least 4 members (excludes halogenated alkanes) is 4. The van der Waals surface area contributed by atoms with Crippen LogP contribution in [0.4, 0.5) is 74.6 Å². The summed E-state index contributed by atoms with van der Waals surface area (Å²) in [6, 6.07) is -3.68. The molecule has 0 spiro atoms. The van der Waals surface area contributed by atoms with E-state index >= 15 is 0 Å². The van der Waals surface area contributed by atoms with Crippen molar-refractivity contribution < 1.29 is 74.6 Å². The van der Waals surface area contributed by atoms with E-state index in [-0.39, 0.29) is 45.1 Å². The van der Waals surface area contributed by atoms with Crippen LogP contribution in [0, 0.1) is 58.2 Å². The number of alkyl halides is 7. The second-order valence-electron chi connectivity index (χ2n) is 8.87. The van der Waals surface area contributed by atoms with Crippen LogP contribution in [-0.4, -0.2) is 31.6 Å². The molecule has 0 aliphatic heterocycles. The van der Waals surface area contributed by atoms with Crippen molar-refractivity contribution in [2.45, 2.75) is 69.8 Å². The molecule has 1 N–H and O–H groups in total. The Morgan fingerprint density at radius 3 is 1.23 bits per heavy atom. The molecule has 1 atom stereocenters. The van der Waals surface area contributed by atoms with Crippen LogP contribution in [0.2, 0.25) is 0 Å². The van der Waals surface area contributed by atoms with Crippen molar-refractivity contribution in [2.75, 3.05) is 13.2 Å². The molecule has 2 aromatic rings. The molecule has 246 valence electrons. The van der Waals surface area contributed by atoms with E-state index < -0.39 is 107 Å². The molecule has 1 unspecified atom stereocenters. The monoisotopic (exact) mass is 659 g/mol. The van der Waals surface area contributed by atoms with E-state index in [9.17, 15) is 74.6 Å². The zero-order valence-corrected chi connectivity index (χ0v) is 21.6. The van der Waals surface area contributed by atoms with Gasteiger partial charge >= 0.3 is 12.2 Å². The summed E-state index contributed by atoms with van der Waals surface area (Å²) in [5.74, 6) is -26.6. The molecular weight excluding hydrogens is 637 g/mol. The van der Waals surface area contributed by atoms with Gasteiger partial charge in [0.05, 0.1) is 17.8 Å². The molecule has 0 amide bonds. The van der Waals surface area contributed by atoms with E-state index in [1.807, 2.05) is 0 Å². The fourth-order valence-corrected chi connectivity index (χ4v) is 3.42. The van der Waals surface area contributed by atoms with Gasteiger partial charge in [-0.15, -0.1) is 0 Å². The first-order valence-corrected chi connectivity index (χ1v) is 12.2. The normalized spacial score (nSPS) is 12.8. The zero-order chi connectivity index (χ0) is 33.3. The predicted octanol–water partition coefficient (Wildman–Crippen LogP) is 9.90. The highest BCUT2D eigenvalue weighted by Gasteiger charge is 2.39. The highest BCUT2D eigenvalue weighted by atomic mass is 19.4. The van der Waals surface area contributed by atoms with Gasteiger partial charge in [0.15, 0.2) is 52.7 Å². The summed E-state index contributed by atoms with van der Waals surface area (Å²) in [5, 5.41) is 1.74. The first kappa shape index (κ1) is 38.2. The standard InChI is InChI=1S/C13H22F7N.C12F10/c14-9-5-6-10-21-13(19,20)11(15)7-3-1-2-4-8-12(16,17)18;13-3-1(4(14)8(18)11(21)7(3)17)2-5(15)9(19)12(22)10(20)6(2)16/h11,21H,1-10H2;. The molecule has 0 heterocycles. The largest absolute Gasteiger partial charge is 0.389 e. The van der Waals surface area contributed by atoms with Gasteiger partial charge in [-0.1, -0.05) is 19.3 Å². The lowest BCUT2D eigenvalue weighted by atomic mass is 10.0. The Kier molecular flexibility index (Phi) is 14.5. The van der Waals surface area contributed by atoms with Gasteiger partial charge in [0.1, 0.15) is 0 Å². The summed E-state index contributed by atoms with van der Waals surface area (Å²) in [6.07, 6.45) is -7.01. The van der Waals surface area contributed by atoms with Crippen LogP contribution in [0.1, 0.15) is 51.4 Å². The number of rotatable bonds is 13. The first-order chi connectivity index (χ1) is 19.8. The average molecular weight is 659 g/mol. The lowest BCUT2D eigenvalue weighted by Crippen LogP contribution is -2.45. The smallest absolute Gasteiger partial charge is 0.256 e. The number of hydrogen-bond acceptors (Lipinski definition) is 1. The van der Waals surface area contributed by atoms with Crippen LogP contribution in [-0.2, 0) is 0 Å². The van der Waals surface area contributed by atoms with Gasteiger partial charge in [-0.05, 0) is 25.7 Å². The maximum Gasteiger partial charge on any atom is 0.389 e. The van der Waals surface area contributed by atoms with Crippen molar-refractivity contribution in [3.05, 3.63) is 58.2 Å². The van der Waals surface area contributed by atoms with Crippen molar-refractivity contribution in [2.24, 2.45) is 0 Å². The van der Waals surface area contributed by atoms with E-state index in [1.54, 1.807) is 5.32 Å². The molecule has 0 aliphatic carbocycles. The molecule has 2 rings (SSSR count). The zero-order valence-electron chi connectivity index (χ0n) is 21.6. The quantitative estimate of drug-likeness (QED) is 0.0743. The predicted molar refractivity (Wildman–Crippen MR) is 118 cm³/mol. The van der Waals surface area contributed by atoms with Gasteiger partial charge in [0.2, 0.25) is 11.6 Å². The minimum absolute atomic E-state index is 0.0711. The lowest BCUT2D eigenvalue weighted by molar-refractivity contribution is -0.135. The summed E-state index contributed by atoms with van der Waals surface area (Å²) < 4.78 is 218. The summed E-state index contributed by atoms with van der Waals surface area (Å²) >= 11 is 0. The molecule has 0 fully saturated rings. The summed E-state index contributed by atoms with van der Waals surface area (Å²) in [7, 11) is 0. The van der Waals surface area contributed by atoms with Gasteiger partial charge in [-0.25, -0.2) is 48.3 Å². The van der Waals surface area contributed by atoms with Crippen molar-refractivity contribution in [1.29, 1.82) is 0 Å². The van der Waals surface area contributed by atoms with Crippen LogP contribution in [0.5, 0.6) is 0 Å². The van der Waals surface area contributed by atoms with Crippen LogP contribution in [0.25, 0.3) is 11.1 Å². The minimum Gasteiger partial charge on any atom is -0.256 e. The van der Waals surface area contributed by atoms with E-state index in [0.717, 1.165) is 0 Å². The molecule has 18 heteroatoms. The molecule has 0 saturated carbocycles. The Hall–Kier alpha value is -2.79. The fourth-order valence-electron chi connectivity index (χ4n) is 3.42. The second kappa shape index (κ2) is 16.3. The van der Waals surface area contributed by atoms with Crippen molar-refractivity contribution in [1.82, 2.24) is 5.32 Å². The van der Waals surface area contributed by atoms with E-state index in [1.165, 1.54) is 0 Å². The SMILES string of the molecule is FCCCCNC(F)(F)C(F)CCCCCCC(F)(F)F.Fc1c(F)c(F)c(-c2c(F)c(F)c(F)c(F)c2F)c(F)c1F. The Morgan fingerprint density at radius 1 is 0.488 bits per heavy atom. The van der Waals surface area contributed by atoms with Crippen LogP contribution < -0.4 is 5.32 Å². The van der Waals surface area contributed by atoms with Crippen LogP contribution in [0.15, 0.2) is 0 Å². The number of benzene rings is 2. The van der Waals surface area contributed by atoms with E-state index in [4.69, 9.17) is 0 Å². The Balaban J connectivity index is 0.000000431. The maximum atomic E-state index is 13.4. The van der Waals surface area contributed by atoms with Crippen molar-refractivity contribution in [3.63, 3.8) is 0 Å². The van der Waals surface area contributed by atoms with Crippen LogP contribution >= 0.6 is 0 Å². The summed E-state index contributed by atoms with van der Waals surface area (Å²) in [5.41, 5.74) is -4.52. The average Bonchev–Trinajstić information content (AvgIpc) is 2.94. The van der Waals surface area contributed by atoms with Gasteiger partial charge < -0.3 is 0 Å². The van der Waals surface area contributed by atoms with Crippen LogP contribution in [0.3, 0.4) is 0 Å². The van der Waals surface area contributed by atoms with E-state index in [0.29, 0.717) is 0 Å². The molecule has 0 radical (unpaired) electrons. The van der Waals surface area contributed by atoms with Gasteiger partial charge in [0, 0.05) is 13.0 Å².